The molecule has 4 aromatic rings. The summed E-state index contributed by atoms with van der Waals surface area (Å²) in [6.07, 6.45) is 0. The molecule has 4 rings (SSSR count). The minimum absolute atomic E-state index is 0.241. The SMILES string of the molecule is Cn1c(=O)c(-c2ccc(Cl)cc2F)cc2c3ccccc3n(C)c21. The van der Waals surface area contributed by atoms with Crippen molar-refractivity contribution in [2.45, 2.75) is 0 Å². The number of benzene rings is 2. The number of fused-ring (bicyclic) bond motifs is 3. The molecule has 2 aromatic carbocycles. The summed E-state index contributed by atoms with van der Waals surface area (Å²) in [5, 5.41) is 2.25. The zero-order valence-corrected chi connectivity index (χ0v) is 13.9. The monoisotopic (exact) mass is 340 g/mol. The zero-order chi connectivity index (χ0) is 17.0. The number of hydrogen-bond acceptors (Lipinski definition) is 1. The lowest BCUT2D eigenvalue weighted by molar-refractivity contribution is 0.631. The predicted molar refractivity (Wildman–Crippen MR) is 96.1 cm³/mol. The van der Waals surface area contributed by atoms with Crippen LogP contribution in [0.25, 0.3) is 33.1 Å². The van der Waals surface area contributed by atoms with Crippen molar-refractivity contribution in [2.75, 3.05) is 0 Å². The minimum atomic E-state index is -0.501. The van der Waals surface area contributed by atoms with Crippen LogP contribution >= 0.6 is 11.6 Å². The van der Waals surface area contributed by atoms with E-state index in [0.29, 0.717) is 10.6 Å². The van der Waals surface area contributed by atoms with E-state index < -0.39 is 5.82 Å². The Bertz CT molecular complexity index is 1170. The van der Waals surface area contributed by atoms with Crippen LogP contribution in [0.3, 0.4) is 0 Å². The maximum Gasteiger partial charge on any atom is 0.259 e. The number of rotatable bonds is 1. The number of aryl methyl sites for hydroxylation is 2. The molecule has 0 bridgehead atoms. The first kappa shape index (κ1) is 15.0. The van der Waals surface area contributed by atoms with E-state index in [4.69, 9.17) is 11.6 Å². The molecule has 0 atom stereocenters. The van der Waals surface area contributed by atoms with Crippen molar-refractivity contribution in [1.29, 1.82) is 0 Å². The number of pyridine rings is 1. The van der Waals surface area contributed by atoms with E-state index in [2.05, 4.69) is 0 Å². The molecule has 0 aliphatic rings. The average molecular weight is 341 g/mol. The van der Waals surface area contributed by atoms with Crippen molar-refractivity contribution in [3.63, 3.8) is 0 Å². The third-order valence-corrected chi connectivity index (χ3v) is 4.71. The maximum atomic E-state index is 14.3. The van der Waals surface area contributed by atoms with Gasteiger partial charge in [0, 0.05) is 35.5 Å². The molecule has 0 aliphatic heterocycles. The van der Waals surface area contributed by atoms with Crippen LogP contribution in [0.2, 0.25) is 5.02 Å². The van der Waals surface area contributed by atoms with Crippen molar-refractivity contribution in [2.24, 2.45) is 14.1 Å². The molecule has 0 saturated heterocycles. The molecule has 0 spiro atoms. The first-order valence-electron chi connectivity index (χ1n) is 7.51. The van der Waals surface area contributed by atoms with Crippen LogP contribution in [-0.4, -0.2) is 9.13 Å². The second-order valence-corrected chi connectivity index (χ2v) is 6.30. The molecule has 120 valence electrons. The summed E-state index contributed by atoms with van der Waals surface area (Å²) in [5.74, 6) is -0.501. The summed E-state index contributed by atoms with van der Waals surface area (Å²) in [4.78, 5) is 12.8. The fraction of sp³-hybridized carbons (Fsp3) is 0.105. The fourth-order valence-corrected chi connectivity index (χ4v) is 3.50. The number of hydrogen-bond donors (Lipinski definition) is 0. The largest absolute Gasteiger partial charge is 0.330 e. The quantitative estimate of drug-likeness (QED) is 0.501. The summed E-state index contributed by atoms with van der Waals surface area (Å²) < 4.78 is 17.9. The van der Waals surface area contributed by atoms with E-state index in [1.54, 1.807) is 29.8 Å². The molecule has 0 fully saturated rings. The molecule has 0 radical (unpaired) electrons. The van der Waals surface area contributed by atoms with Crippen LogP contribution in [-0.2, 0) is 14.1 Å². The molecule has 2 aromatic heterocycles. The average Bonchev–Trinajstić information content (AvgIpc) is 2.85. The number of aromatic nitrogens is 2. The Kier molecular flexibility index (Phi) is 3.25. The van der Waals surface area contributed by atoms with E-state index in [9.17, 15) is 9.18 Å². The first-order chi connectivity index (χ1) is 11.5. The summed E-state index contributed by atoms with van der Waals surface area (Å²) in [6, 6.07) is 14.1. The molecular weight excluding hydrogens is 327 g/mol. The molecule has 2 heterocycles. The van der Waals surface area contributed by atoms with Gasteiger partial charge < -0.3 is 4.57 Å². The van der Waals surface area contributed by atoms with Crippen molar-refractivity contribution in [3.05, 3.63) is 69.7 Å². The lowest BCUT2D eigenvalue weighted by atomic mass is 10.0. The molecule has 5 heteroatoms. The number of halogens is 2. The van der Waals surface area contributed by atoms with Gasteiger partial charge in [-0.05, 0) is 30.3 Å². The number of nitrogens with zero attached hydrogens (tertiary/aromatic N) is 2. The summed E-state index contributed by atoms with van der Waals surface area (Å²) >= 11 is 5.83. The van der Waals surface area contributed by atoms with Gasteiger partial charge in [0.25, 0.3) is 5.56 Å². The normalized spacial score (nSPS) is 11.5. The van der Waals surface area contributed by atoms with Crippen molar-refractivity contribution in [1.82, 2.24) is 9.13 Å². The maximum absolute atomic E-state index is 14.3. The Labute approximate surface area is 142 Å². The van der Waals surface area contributed by atoms with Crippen LogP contribution < -0.4 is 5.56 Å². The highest BCUT2D eigenvalue weighted by atomic mass is 35.5. The molecule has 0 aliphatic carbocycles. The molecule has 0 unspecified atom stereocenters. The van der Waals surface area contributed by atoms with Gasteiger partial charge in [-0.2, -0.15) is 0 Å². The van der Waals surface area contributed by atoms with Gasteiger partial charge in [0.2, 0.25) is 0 Å². The highest BCUT2D eigenvalue weighted by Crippen LogP contribution is 2.31. The van der Waals surface area contributed by atoms with Crippen LogP contribution in [0.5, 0.6) is 0 Å². The molecule has 24 heavy (non-hydrogen) atoms. The Balaban J connectivity index is 2.17. The lowest BCUT2D eigenvalue weighted by Gasteiger charge is -2.09. The lowest BCUT2D eigenvalue weighted by Crippen LogP contribution is -2.20. The Morgan fingerprint density at radius 1 is 0.917 bits per heavy atom. The molecule has 0 N–H and O–H groups in total. The standard InChI is InChI=1S/C19H14ClFN2O/c1-22-17-6-4-3-5-13(17)14-10-15(19(24)23(2)18(14)22)12-8-7-11(20)9-16(12)21/h3-10H,1-2H3. The van der Waals surface area contributed by atoms with Gasteiger partial charge in [-0.1, -0.05) is 29.8 Å². The van der Waals surface area contributed by atoms with Crippen molar-refractivity contribution < 1.29 is 4.39 Å². The van der Waals surface area contributed by atoms with E-state index in [1.807, 2.05) is 35.9 Å². The molecule has 0 amide bonds. The van der Waals surface area contributed by atoms with Gasteiger partial charge in [-0.25, -0.2) is 4.39 Å². The summed E-state index contributed by atoms with van der Waals surface area (Å²) in [5.41, 5.74) is 2.18. The van der Waals surface area contributed by atoms with Gasteiger partial charge in [0.05, 0.1) is 11.1 Å². The van der Waals surface area contributed by atoms with Crippen LogP contribution in [0.15, 0.2) is 53.3 Å². The van der Waals surface area contributed by atoms with Gasteiger partial charge >= 0.3 is 0 Å². The van der Waals surface area contributed by atoms with Crippen LogP contribution in [0.1, 0.15) is 0 Å². The van der Waals surface area contributed by atoms with Crippen LogP contribution in [0.4, 0.5) is 4.39 Å². The molecular formula is C19H14ClFN2O. The van der Waals surface area contributed by atoms with Crippen molar-refractivity contribution in [3.8, 4) is 11.1 Å². The smallest absolute Gasteiger partial charge is 0.259 e. The topological polar surface area (TPSA) is 26.9 Å². The van der Waals surface area contributed by atoms with Gasteiger partial charge in [-0.3, -0.25) is 9.36 Å². The highest BCUT2D eigenvalue weighted by molar-refractivity contribution is 6.30. The first-order valence-corrected chi connectivity index (χ1v) is 7.89. The van der Waals surface area contributed by atoms with Gasteiger partial charge in [0.15, 0.2) is 0 Å². The second kappa shape index (κ2) is 5.21. The van der Waals surface area contributed by atoms with E-state index >= 15 is 0 Å². The van der Waals surface area contributed by atoms with Crippen LogP contribution in [0, 0.1) is 5.82 Å². The van der Waals surface area contributed by atoms with Gasteiger partial charge in [0.1, 0.15) is 11.5 Å². The Hall–Kier alpha value is -2.59. The third kappa shape index (κ3) is 2.00. The number of para-hydroxylation sites is 1. The summed E-state index contributed by atoms with van der Waals surface area (Å²) in [7, 11) is 3.63. The third-order valence-electron chi connectivity index (χ3n) is 4.48. The fourth-order valence-electron chi connectivity index (χ4n) is 3.34. The second-order valence-electron chi connectivity index (χ2n) is 5.86. The minimum Gasteiger partial charge on any atom is -0.330 e. The van der Waals surface area contributed by atoms with E-state index in [0.717, 1.165) is 21.9 Å². The molecule has 3 nitrogen and oxygen atoms in total. The molecule has 0 saturated carbocycles. The Morgan fingerprint density at radius 3 is 2.42 bits per heavy atom. The highest BCUT2D eigenvalue weighted by Gasteiger charge is 2.17. The Morgan fingerprint density at radius 2 is 1.67 bits per heavy atom. The summed E-state index contributed by atoms with van der Waals surface area (Å²) in [6.45, 7) is 0. The van der Waals surface area contributed by atoms with Gasteiger partial charge in [-0.15, -0.1) is 0 Å². The predicted octanol–water partition coefficient (Wildman–Crippen LogP) is 4.49. The van der Waals surface area contributed by atoms with Crippen molar-refractivity contribution >= 4 is 33.5 Å². The van der Waals surface area contributed by atoms with E-state index in [-0.39, 0.29) is 11.1 Å². The zero-order valence-electron chi connectivity index (χ0n) is 13.2. The van der Waals surface area contributed by atoms with E-state index in [1.165, 1.54) is 6.07 Å².